The molecular formula is C24H20F8N6O2. The second kappa shape index (κ2) is 9.79. The largest absolute Gasteiger partial charge is 0.459 e. The fourth-order valence-corrected chi connectivity index (χ4v) is 4.33. The number of nitrogens with zero attached hydrogens (tertiary/aromatic N) is 6. The molecule has 1 aliphatic rings. The summed E-state index contributed by atoms with van der Waals surface area (Å²) in [5, 5.41) is 16.4. The minimum absolute atomic E-state index is 0.0573. The molecule has 40 heavy (non-hydrogen) atoms. The molecule has 0 bridgehead atoms. The second-order valence-corrected chi connectivity index (χ2v) is 9.09. The van der Waals surface area contributed by atoms with E-state index in [0.717, 1.165) is 25.5 Å². The lowest BCUT2D eigenvalue weighted by atomic mass is 9.99. The van der Waals surface area contributed by atoms with Crippen LogP contribution in [-0.4, -0.2) is 55.2 Å². The number of ether oxygens (including phenoxy) is 1. The number of hydrogen-bond acceptors (Lipinski definition) is 5. The summed E-state index contributed by atoms with van der Waals surface area (Å²) in [6, 6.07) is 4.36. The van der Waals surface area contributed by atoms with Gasteiger partial charge in [-0.05, 0) is 44.4 Å². The van der Waals surface area contributed by atoms with E-state index in [-0.39, 0.29) is 28.8 Å². The van der Waals surface area contributed by atoms with Crippen LogP contribution >= 0.6 is 0 Å². The normalized spacial score (nSPS) is 14.8. The van der Waals surface area contributed by atoms with E-state index in [1.165, 1.54) is 17.9 Å². The van der Waals surface area contributed by atoms with Crippen LogP contribution in [0.1, 0.15) is 41.4 Å². The lowest BCUT2D eigenvalue weighted by Gasteiger charge is -2.26. The smallest absolute Gasteiger partial charge is 0.428 e. The molecular weight excluding hydrogens is 556 g/mol. The molecule has 1 fully saturated rings. The van der Waals surface area contributed by atoms with Gasteiger partial charge in [-0.25, -0.2) is 13.8 Å². The summed E-state index contributed by atoms with van der Waals surface area (Å²) in [6.07, 6.45) is -3.28. The molecule has 1 aromatic carbocycles. The number of carbonyl (C=O) groups is 1. The highest BCUT2D eigenvalue weighted by atomic mass is 19.4. The van der Waals surface area contributed by atoms with Crippen molar-refractivity contribution in [1.82, 2.24) is 24.5 Å². The lowest BCUT2D eigenvalue weighted by molar-refractivity contribution is -0.291. The first-order valence-corrected chi connectivity index (χ1v) is 11.6. The van der Waals surface area contributed by atoms with Crippen molar-refractivity contribution in [2.45, 2.75) is 50.9 Å². The van der Waals surface area contributed by atoms with Crippen LogP contribution in [0.3, 0.4) is 0 Å². The summed E-state index contributed by atoms with van der Waals surface area (Å²) >= 11 is 0. The highest BCUT2D eigenvalue weighted by Crippen LogP contribution is 2.48. The van der Waals surface area contributed by atoms with Gasteiger partial charge in [0.25, 0.3) is 5.91 Å². The van der Waals surface area contributed by atoms with Crippen LogP contribution in [-0.2, 0) is 13.0 Å². The summed E-state index contributed by atoms with van der Waals surface area (Å²) in [6.45, 7) is -0.430. The standard InChI is InChI=1S/C24H20F8N6O2/c1-4-37(22(11-33)5-6-22)20(39)14-8-15(16(25)7-12(14)2)13-9-34-38(10-13)19-17(40-21(26)27)18(35-36(19)3)23(28,29)24(30,31)32/h7-10,21H,4-6H2,1-3H3. The third kappa shape index (κ3) is 4.73. The average molecular weight is 576 g/mol. The molecule has 4 rings (SSSR count). The van der Waals surface area contributed by atoms with Crippen LogP contribution in [0.25, 0.3) is 16.9 Å². The monoisotopic (exact) mass is 576 g/mol. The third-order valence-electron chi connectivity index (χ3n) is 6.50. The fraction of sp³-hybridized carbons (Fsp3) is 0.417. The van der Waals surface area contributed by atoms with Crippen molar-refractivity contribution in [2.75, 3.05) is 6.54 Å². The zero-order valence-corrected chi connectivity index (χ0v) is 21.0. The molecule has 0 unspecified atom stereocenters. The van der Waals surface area contributed by atoms with Gasteiger partial charge in [0, 0.05) is 36.5 Å². The molecule has 0 N–H and O–H groups in total. The van der Waals surface area contributed by atoms with E-state index in [2.05, 4.69) is 21.0 Å². The molecule has 1 saturated carbocycles. The zero-order valence-electron chi connectivity index (χ0n) is 21.0. The molecule has 2 heterocycles. The van der Waals surface area contributed by atoms with Gasteiger partial charge in [0.15, 0.2) is 17.3 Å². The van der Waals surface area contributed by atoms with Crippen molar-refractivity contribution < 1.29 is 44.7 Å². The first kappa shape index (κ1) is 28.8. The molecule has 0 aliphatic heterocycles. The third-order valence-corrected chi connectivity index (χ3v) is 6.50. The van der Waals surface area contributed by atoms with Gasteiger partial charge in [-0.1, -0.05) is 0 Å². The fourth-order valence-electron chi connectivity index (χ4n) is 4.33. The van der Waals surface area contributed by atoms with Gasteiger partial charge in [0.2, 0.25) is 0 Å². The molecule has 1 amide bonds. The molecule has 16 heteroatoms. The average Bonchev–Trinajstić information content (AvgIpc) is 3.37. The first-order valence-electron chi connectivity index (χ1n) is 11.6. The number of benzene rings is 1. The molecule has 0 spiro atoms. The van der Waals surface area contributed by atoms with E-state index in [1.54, 1.807) is 6.92 Å². The molecule has 214 valence electrons. The molecule has 2 aromatic heterocycles. The number of rotatable bonds is 8. The lowest BCUT2D eigenvalue weighted by Crippen LogP contribution is -2.41. The summed E-state index contributed by atoms with van der Waals surface area (Å²) < 4.78 is 113. The van der Waals surface area contributed by atoms with E-state index in [1.807, 2.05) is 0 Å². The Morgan fingerprint density at radius 3 is 2.42 bits per heavy atom. The zero-order chi connectivity index (χ0) is 29.8. The van der Waals surface area contributed by atoms with Crippen molar-refractivity contribution in [3.8, 4) is 28.8 Å². The van der Waals surface area contributed by atoms with Gasteiger partial charge in [0.1, 0.15) is 11.4 Å². The number of hydrogen-bond donors (Lipinski definition) is 0. The van der Waals surface area contributed by atoms with E-state index in [0.29, 0.717) is 22.2 Å². The van der Waals surface area contributed by atoms with E-state index in [4.69, 9.17) is 0 Å². The number of aromatic nitrogens is 4. The Morgan fingerprint density at radius 2 is 1.90 bits per heavy atom. The molecule has 8 nitrogen and oxygen atoms in total. The molecule has 1 aliphatic carbocycles. The Hall–Kier alpha value is -4.16. The molecule has 0 atom stereocenters. The predicted octanol–water partition coefficient (Wildman–Crippen LogP) is 5.49. The van der Waals surface area contributed by atoms with Crippen LogP contribution in [0.4, 0.5) is 35.1 Å². The van der Waals surface area contributed by atoms with Crippen LogP contribution in [0.2, 0.25) is 0 Å². The van der Waals surface area contributed by atoms with Gasteiger partial charge in [-0.2, -0.15) is 46.2 Å². The summed E-state index contributed by atoms with van der Waals surface area (Å²) in [5.41, 5.74) is -3.06. The van der Waals surface area contributed by atoms with Gasteiger partial charge in [-0.15, -0.1) is 0 Å². The Kier molecular flexibility index (Phi) is 7.06. The summed E-state index contributed by atoms with van der Waals surface area (Å²) in [5.74, 6) is -9.44. The minimum Gasteiger partial charge on any atom is -0.428 e. The maximum atomic E-state index is 15.0. The maximum Gasteiger partial charge on any atom is 0.459 e. The van der Waals surface area contributed by atoms with Gasteiger partial charge in [-0.3, -0.25) is 4.79 Å². The van der Waals surface area contributed by atoms with Crippen LogP contribution < -0.4 is 4.74 Å². The van der Waals surface area contributed by atoms with Crippen molar-refractivity contribution in [2.24, 2.45) is 7.05 Å². The van der Waals surface area contributed by atoms with E-state index >= 15 is 4.39 Å². The van der Waals surface area contributed by atoms with Crippen molar-refractivity contribution in [1.29, 1.82) is 5.26 Å². The van der Waals surface area contributed by atoms with Crippen LogP contribution in [0, 0.1) is 24.1 Å². The molecule has 0 radical (unpaired) electrons. The van der Waals surface area contributed by atoms with E-state index in [9.17, 15) is 40.8 Å². The molecule has 0 saturated heterocycles. The second-order valence-electron chi connectivity index (χ2n) is 9.09. The maximum absolute atomic E-state index is 15.0. The molecule has 3 aromatic rings. The highest BCUT2D eigenvalue weighted by Gasteiger charge is 2.62. The van der Waals surface area contributed by atoms with Crippen LogP contribution in [0.5, 0.6) is 5.75 Å². The minimum atomic E-state index is -6.18. The quantitative estimate of drug-likeness (QED) is 0.331. The number of aryl methyl sites for hydroxylation is 2. The van der Waals surface area contributed by atoms with Crippen molar-refractivity contribution >= 4 is 5.91 Å². The van der Waals surface area contributed by atoms with Crippen molar-refractivity contribution in [3.63, 3.8) is 0 Å². The van der Waals surface area contributed by atoms with Gasteiger partial charge in [0.05, 0.1) is 12.3 Å². The first-order chi connectivity index (χ1) is 18.6. The van der Waals surface area contributed by atoms with E-state index < -0.39 is 53.2 Å². The predicted molar refractivity (Wildman–Crippen MR) is 121 cm³/mol. The van der Waals surface area contributed by atoms with Gasteiger partial charge >= 0.3 is 18.7 Å². The highest BCUT2D eigenvalue weighted by molar-refractivity contribution is 5.98. The Morgan fingerprint density at radius 1 is 1.25 bits per heavy atom. The Balaban J connectivity index is 1.80. The number of nitriles is 1. The van der Waals surface area contributed by atoms with Crippen LogP contribution in [0.15, 0.2) is 24.5 Å². The summed E-state index contributed by atoms with van der Waals surface area (Å²) in [4.78, 5) is 14.7. The number of halogens is 8. The Labute approximate surface area is 221 Å². The Bertz CT molecular complexity index is 1500. The SMILES string of the molecule is CCN(C(=O)c1cc(-c2cnn(-c3c(OC(F)F)c(C(F)(F)C(F)(F)F)nn3C)c2)c(F)cc1C)C1(C#N)CC1. The number of amides is 1. The number of carbonyl (C=O) groups excluding carboxylic acids is 1. The number of alkyl halides is 7. The topological polar surface area (TPSA) is 89.0 Å². The summed E-state index contributed by atoms with van der Waals surface area (Å²) in [7, 11) is 0.899. The van der Waals surface area contributed by atoms with Gasteiger partial charge < -0.3 is 9.64 Å². The van der Waals surface area contributed by atoms with Crippen molar-refractivity contribution in [3.05, 3.63) is 47.2 Å².